The molecule has 21 nitrogen and oxygen atoms in total. The van der Waals surface area contributed by atoms with Gasteiger partial charge in [0.05, 0.1) is 30.6 Å². The second-order valence-corrected chi connectivity index (χ2v) is 22.3. The average Bonchev–Trinajstić information content (AvgIpc) is 1.85. The molecule has 6 heterocycles. The Kier molecular flexibility index (Phi) is 19.6. The molecule has 4 atom stereocenters. The van der Waals surface area contributed by atoms with Crippen LogP contribution in [0.1, 0.15) is 78.2 Å². The third-order valence-corrected chi connectivity index (χ3v) is 15.7. The van der Waals surface area contributed by atoms with Crippen molar-refractivity contribution in [2.75, 3.05) is 26.2 Å². The van der Waals surface area contributed by atoms with Crippen LogP contribution in [0.15, 0.2) is 133 Å². The Morgan fingerprint density at radius 1 is 0.835 bits per heavy atom. The van der Waals surface area contributed by atoms with Gasteiger partial charge in [-0.25, -0.2) is 4.68 Å². The molecule has 3 aromatic carbocycles. The van der Waals surface area contributed by atoms with Gasteiger partial charge >= 0.3 is 6.97 Å². The molecular weight excluding hydrogens is 1110 g/mol. The van der Waals surface area contributed by atoms with E-state index in [1.165, 1.54) is 27.8 Å². The van der Waals surface area contributed by atoms with Crippen molar-refractivity contribution in [3.63, 3.8) is 0 Å². The van der Waals surface area contributed by atoms with Gasteiger partial charge in [0.15, 0.2) is 11.4 Å². The summed E-state index contributed by atoms with van der Waals surface area (Å²) in [5.41, 5.74) is 16.1. The number of primary amides is 2. The van der Waals surface area contributed by atoms with Crippen LogP contribution < -0.4 is 42.2 Å². The number of piperidine rings is 1. The number of carbonyl (C=O) groups is 6. The number of likely N-dealkylation sites (tertiary alicyclic amines) is 1. The monoisotopic (exact) mass is 1180 g/mol. The van der Waals surface area contributed by atoms with Gasteiger partial charge < -0.3 is 69.8 Å². The molecule has 0 saturated carbocycles. The maximum atomic E-state index is 16.3. The van der Waals surface area contributed by atoms with Gasteiger partial charge in [-0.05, 0) is 83.3 Å². The molecule has 1 fully saturated rings. The minimum Gasteiger partial charge on any atom is -0.490 e. The Hall–Kier alpha value is -9.07. The number of rotatable bonds is 27. The number of nitrogens with one attached hydrogen (secondary N) is 4. The van der Waals surface area contributed by atoms with E-state index in [2.05, 4.69) is 54.7 Å². The SMILES string of the molecule is CC(C)[C@H](NC(=O)CCN1CCC(Oc2ccccc2Cc2ccccc2)CC1)C(=O)N[C@@H](CO)C(=O)N[C@@H](CC(N)=O)C(=O)N[C@@H](Cn1cc(COc2ccc(/C=C/c3ccc4n3[B-](F)(F)[N+]3=C(c5cccs5)C=CC3=C4)cc2)nn1)C(N)=O. The Morgan fingerprint density at radius 2 is 1.55 bits per heavy atom. The van der Waals surface area contributed by atoms with E-state index in [0.29, 0.717) is 53.9 Å². The molecule has 3 aliphatic rings. The summed E-state index contributed by atoms with van der Waals surface area (Å²) in [6.07, 6.45) is 11.6. The first-order valence-electron chi connectivity index (χ1n) is 28.0. The van der Waals surface area contributed by atoms with Gasteiger partial charge in [0.25, 0.3) is 0 Å². The number of aliphatic hydroxyl groups excluding tert-OH is 1. The van der Waals surface area contributed by atoms with Crippen molar-refractivity contribution in [2.45, 2.75) is 89.4 Å². The van der Waals surface area contributed by atoms with Crippen LogP contribution in [0.25, 0.3) is 18.2 Å². The lowest BCUT2D eigenvalue weighted by molar-refractivity contribution is -0.360. The maximum absolute atomic E-state index is 16.3. The van der Waals surface area contributed by atoms with E-state index in [-0.39, 0.29) is 25.7 Å². The van der Waals surface area contributed by atoms with Gasteiger partial charge in [-0.1, -0.05) is 91.9 Å². The molecule has 25 heteroatoms. The minimum atomic E-state index is -4.20. The molecule has 444 valence electrons. The number of nitrogens with zero attached hydrogens (tertiary/aromatic N) is 6. The van der Waals surface area contributed by atoms with Crippen LogP contribution >= 0.6 is 11.3 Å². The number of aromatic nitrogens is 4. The molecule has 3 aromatic heterocycles. The second-order valence-electron chi connectivity index (χ2n) is 21.3. The van der Waals surface area contributed by atoms with Crippen LogP contribution in [0.4, 0.5) is 8.63 Å². The van der Waals surface area contributed by atoms with Gasteiger partial charge in [0.1, 0.15) is 54.1 Å². The van der Waals surface area contributed by atoms with E-state index < -0.39 is 85.5 Å². The zero-order valence-electron chi connectivity index (χ0n) is 46.9. The molecule has 1 saturated heterocycles. The highest BCUT2D eigenvalue weighted by atomic mass is 32.1. The Balaban J connectivity index is 0.720. The molecule has 0 bridgehead atoms. The van der Waals surface area contributed by atoms with Gasteiger partial charge in [0, 0.05) is 62.1 Å². The van der Waals surface area contributed by atoms with Crippen molar-refractivity contribution in [1.29, 1.82) is 0 Å². The predicted octanol–water partition coefficient (Wildman–Crippen LogP) is 4.01. The summed E-state index contributed by atoms with van der Waals surface area (Å²) >= 11 is 1.40. The van der Waals surface area contributed by atoms with Crippen LogP contribution in [0, 0.1) is 5.92 Å². The summed E-state index contributed by atoms with van der Waals surface area (Å²) in [6, 6.07) is 26.2. The number of allylic oxidation sites excluding steroid dienone is 2. The van der Waals surface area contributed by atoms with Crippen molar-refractivity contribution in [1.82, 2.24) is 45.6 Å². The quantitative estimate of drug-likeness (QED) is 0.0361. The molecule has 6 amide bonds. The molecule has 9 rings (SSSR count). The van der Waals surface area contributed by atoms with Crippen molar-refractivity contribution < 1.29 is 56.5 Å². The highest BCUT2D eigenvalue weighted by Crippen LogP contribution is 2.35. The van der Waals surface area contributed by atoms with Crippen LogP contribution in [0.2, 0.25) is 0 Å². The number of benzene rings is 3. The lowest BCUT2D eigenvalue weighted by Crippen LogP contribution is -2.60. The zero-order valence-corrected chi connectivity index (χ0v) is 47.7. The number of hydrogen-bond donors (Lipinski definition) is 7. The maximum Gasteiger partial charge on any atom is 0.737 e. The largest absolute Gasteiger partial charge is 0.737 e. The molecule has 3 aliphatic heterocycles. The van der Waals surface area contributed by atoms with Crippen molar-refractivity contribution >= 4 is 77.7 Å². The average molecular weight is 1180 g/mol. The zero-order chi connectivity index (χ0) is 60.2. The summed E-state index contributed by atoms with van der Waals surface area (Å²) in [5.74, 6) is -4.43. The number of thiophene rings is 1. The van der Waals surface area contributed by atoms with E-state index in [9.17, 15) is 33.9 Å². The normalized spacial score (nSPS) is 16.2. The summed E-state index contributed by atoms with van der Waals surface area (Å²) in [5, 5.41) is 30.1. The number of fused-ring (bicyclic) bond motifs is 2. The van der Waals surface area contributed by atoms with E-state index in [1.54, 1.807) is 80.6 Å². The van der Waals surface area contributed by atoms with Crippen molar-refractivity contribution in [2.24, 2.45) is 17.4 Å². The fourth-order valence-corrected chi connectivity index (χ4v) is 11.0. The number of hydrogen-bond acceptors (Lipinski definition) is 13. The first-order chi connectivity index (χ1) is 40.9. The second kappa shape index (κ2) is 27.6. The number of carbonyl (C=O) groups excluding carboxylic acids is 6. The summed E-state index contributed by atoms with van der Waals surface area (Å²) < 4.78 is 48.3. The topological polar surface area (TPSA) is 283 Å². The van der Waals surface area contributed by atoms with Crippen LogP contribution in [-0.4, -0.2) is 139 Å². The Bertz CT molecular complexity index is 3510. The first kappa shape index (κ1) is 60.5. The smallest absolute Gasteiger partial charge is 0.490 e. The van der Waals surface area contributed by atoms with Crippen molar-refractivity contribution in [3.8, 4) is 11.5 Å². The van der Waals surface area contributed by atoms with E-state index >= 15 is 8.63 Å². The molecule has 0 spiro atoms. The standard InChI is InChI=1S/C60H67BF2N12O9S/c1-38(2)56(69-55(78)26-29-72-27-24-47(25-28-72)84-52-12-7-6-11-41(52)31-40-9-4-3-5-10-40)60(82)68-50(36-76)59(81)66-48(33-54(64)77)58(80)67-49(57(65)79)35-73-34-42(70-71-73)37-83-46-21-15-39(16-22-46)14-17-43-18-19-44-32-45-20-23-51(53-13-8-30-85-53)75(45)61(62,63)74(43)44/h3-23,30,32,34,38,47-50,56,76H,24-29,31,33,35-37H2,1-2H3,(H2,64,77)(H2,65,79)(H,66,81)(H,67,80)(H,68,82)(H,69,78)/b17-14+/t48-,49-,50-,56-/m0/s1. The van der Waals surface area contributed by atoms with E-state index in [0.717, 1.165) is 50.0 Å². The third-order valence-electron chi connectivity index (χ3n) is 14.8. The lowest BCUT2D eigenvalue weighted by atomic mass is 9.90. The van der Waals surface area contributed by atoms with Gasteiger partial charge in [-0.2, -0.15) is 0 Å². The molecule has 9 N–H and O–H groups in total. The summed E-state index contributed by atoms with van der Waals surface area (Å²) in [7, 11) is 0. The summed E-state index contributed by atoms with van der Waals surface area (Å²) in [4.78, 5) is 81.7. The Morgan fingerprint density at radius 3 is 2.26 bits per heavy atom. The van der Waals surface area contributed by atoms with Crippen molar-refractivity contribution in [3.05, 3.63) is 171 Å². The molecule has 85 heavy (non-hydrogen) atoms. The molecule has 0 aliphatic carbocycles. The molecular formula is C60H67BF2N12O9S. The number of halogens is 2. The fraction of sp³-hybridized carbons (Fsp3) is 0.317. The number of para-hydroxylation sites is 1. The highest BCUT2D eigenvalue weighted by Gasteiger charge is 2.52. The first-order valence-corrected chi connectivity index (χ1v) is 28.8. The Labute approximate surface area is 493 Å². The van der Waals surface area contributed by atoms with Crippen LogP contribution in [-0.2, 0) is 48.3 Å². The fourth-order valence-electron chi connectivity index (χ4n) is 10.3. The summed E-state index contributed by atoms with van der Waals surface area (Å²) in [6.45, 7) is -0.269. The van der Waals surface area contributed by atoms with Crippen LogP contribution in [0.3, 0.4) is 0 Å². The van der Waals surface area contributed by atoms with E-state index in [4.69, 9.17) is 20.9 Å². The molecule has 0 unspecified atom stereocenters. The third kappa shape index (κ3) is 15.4. The highest BCUT2D eigenvalue weighted by molar-refractivity contribution is 7.12. The molecule has 6 aromatic rings. The minimum absolute atomic E-state index is 0.0140. The number of nitrogens with two attached hydrogens (primary N) is 2. The van der Waals surface area contributed by atoms with Crippen LogP contribution in [0.5, 0.6) is 11.5 Å². The molecule has 0 radical (unpaired) electrons. The lowest BCUT2D eigenvalue weighted by Gasteiger charge is -2.32. The van der Waals surface area contributed by atoms with Gasteiger partial charge in [-0.3, -0.25) is 28.8 Å². The van der Waals surface area contributed by atoms with E-state index in [1.807, 2.05) is 53.9 Å². The van der Waals surface area contributed by atoms with Gasteiger partial charge in [-0.15, -0.1) is 16.4 Å². The van der Waals surface area contributed by atoms with Gasteiger partial charge in [0.2, 0.25) is 35.4 Å². The predicted molar refractivity (Wildman–Crippen MR) is 316 cm³/mol. The number of aliphatic hydroxyl groups is 1. The number of ether oxygens (including phenoxy) is 2. The number of amides is 6.